The smallest absolute Gasteiger partial charge is 0.272 e. The number of nitrogens with one attached hydrogen (secondary N) is 1. The van der Waals surface area contributed by atoms with Crippen LogP contribution in [0.2, 0.25) is 0 Å². The van der Waals surface area contributed by atoms with Crippen molar-refractivity contribution in [3.05, 3.63) is 39.4 Å². The second-order valence-corrected chi connectivity index (χ2v) is 5.98. The third kappa shape index (κ3) is 2.53. The molecule has 4 nitrogen and oxygen atoms in total. The fraction of sp³-hybridized carbons (Fsp3) is 0.462. The van der Waals surface area contributed by atoms with E-state index in [1.807, 2.05) is 0 Å². The molecule has 0 aliphatic carbocycles. The van der Waals surface area contributed by atoms with Crippen molar-refractivity contribution >= 4 is 22.9 Å². The summed E-state index contributed by atoms with van der Waals surface area (Å²) >= 11 is 4.80. The van der Waals surface area contributed by atoms with Gasteiger partial charge in [-0.05, 0) is 13.8 Å². The predicted molar refractivity (Wildman–Crippen MR) is 75.1 cm³/mol. The van der Waals surface area contributed by atoms with E-state index in [1.54, 1.807) is 0 Å². The van der Waals surface area contributed by atoms with Gasteiger partial charge in [0.15, 0.2) is 17.3 Å². The van der Waals surface area contributed by atoms with Gasteiger partial charge in [0, 0.05) is 18.1 Å². The van der Waals surface area contributed by atoms with Crippen LogP contribution in [0, 0.1) is 21.7 Å². The molecular formula is C13H12F4N2O2S. The maximum absolute atomic E-state index is 14.4. The third-order valence-corrected chi connectivity index (χ3v) is 4.35. The Kier molecular flexibility index (Phi) is 3.88. The summed E-state index contributed by atoms with van der Waals surface area (Å²) in [7, 11) is 0. The Morgan fingerprint density at radius 3 is 2.55 bits per heavy atom. The van der Waals surface area contributed by atoms with E-state index in [9.17, 15) is 27.7 Å². The summed E-state index contributed by atoms with van der Waals surface area (Å²) in [5, 5.41) is 13.1. The molecule has 2 rings (SSSR count). The molecule has 22 heavy (non-hydrogen) atoms. The van der Waals surface area contributed by atoms with Gasteiger partial charge in [0.25, 0.3) is 5.69 Å². The first-order valence-electron chi connectivity index (χ1n) is 6.28. The Bertz CT molecular complexity index is 668. The first-order valence-corrected chi connectivity index (χ1v) is 6.69. The Morgan fingerprint density at radius 1 is 1.41 bits per heavy atom. The van der Waals surface area contributed by atoms with Gasteiger partial charge in [-0.25, -0.2) is 17.6 Å². The van der Waals surface area contributed by atoms with Crippen molar-refractivity contribution in [2.75, 3.05) is 0 Å². The van der Waals surface area contributed by atoms with E-state index < -0.39 is 51.6 Å². The molecule has 1 aliphatic rings. The molecule has 1 N–H and O–H groups in total. The first kappa shape index (κ1) is 16.6. The molecule has 1 aliphatic heterocycles. The standard InChI is InChI=1S/C13H12F4N2O2S/c1-12(17)5-9(15)13(2,18-11(12)22)7-3-6(19(20)21)4-8(14)10(7)16/h3-4,9H,5H2,1-2H3,(H,18,22)/t9-,12-,13+/m0/s1. The third-order valence-electron chi connectivity index (χ3n) is 3.82. The average Bonchev–Trinajstić information content (AvgIpc) is 2.39. The van der Waals surface area contributed by atoms with E-state index in [4.69, 9.17) is 12.2 Å². The summed E-state index contributed by atoms with van der Waals surface area (Å²) in [4.78, 5) is 9.48. The van der Waals surface area contributed by atoms with Gasteiger partial charge in [-0.1, -0.05) is 12.2 Å². The van der Waals surface area contributed by atoms with Crippen LogP contribution >= 0.6 is 12.2 Å². The van der Waals surface area contributed by atoms with Crippen LogP contribution in [0.3, 0.4) is 0 Å². The fourth-order valence-corrected chi connectivity index (χ4v) is 2.67. The number of hydrogen-bond donors (Lipinski definition) is 1. The van der Waals surface area contributed by atoms with Crippen molar-refractivity contribution in [3.8, 4) is 0 Å². The number of hydrogen-bond acceptors (Lipinski definition) is 3. The molecule has 0 amide bonds. The highest BCUT2D eigenvalue weighted by atomic mass is 32.1. The monoisotopic (exact) mass is 336 g/mol. The lowest BCUT2D eigenvalue weighted by Crippen LogP contribution is -2.61. The second-order valence-electron chi connectivity index (χ2n) is 5.57. The largest absolute Gasteiger partial charge is 0.365 e. The molecule has 0 saturated carbocycles. The number of non-ortho nitro benzene ring substituents is 1. The Hall–Kier alpha value is -1.77. The predicted octanol–water partition coefficient (Wildman–Crippen LogP) is 3.48. The molecule has 0 unspecified atom stereocenters. The van der Waals surface area contributed by atoms with Gasteiger partial charge in [0.2, 0.25) is 0 Å². The zero-order valence-electron chi connectivity index (χ0n) is 11.6. The number of nitro groups is 1. The molecule has 0 spiro atoms. The average molecular weight is 336 g/mol. The molecule has 0 aromatic heterocycles. The van der Waals surface area contributed by atoms with Crippen molar-refractivity contribution in [3.63, 3.8) is 0 Å². The summed E-state index contributed by atoms with van der Waals surface area (Å²) in [6.45, 7) is 2.22. The maximum atomic E-state index is 14.4. The molecule has 1 aromatic rings. The lowest BCUT2D eigenvalue weighted by atomic mass is 9.78. The van der Waals surface area contributed by atoms with E-state index in [0.29, 0.717) is 6.07 Å². The van der Waals surface area contributed by atoms with Gasteiger partial charge in [0.05, 0.1) is 16.5 Å². The van der Waals surface area contributed by atoms with Crippen LogP contribution in [0.15, 0.2) is 12.1 Å². The number of piperidine rings is 1. The number of nitrogens with zero attached hydrogens (tertiary/aromatic N) is 1. The molecular weight excluding hydrogens is 324 g/mol. The summed E-state index contributed by atoms with van der Waals surface area (Å²) in [5.74, 6) is -2.92. The number of nitro benzene ring substituents is 1. The summed E-state index contributed by atoms with van der Waals surface area (Å²) in [6.07, 6.45) is -2.64. The lowest BCUT2D eigenvalue weighted by molar-refractivity contribution is -0.385. The van der Waals surface area contributed by atoms with E-state index in [-0.39, 0.29) is 4.99 Å². The number of rotatable bonds is 2. The number of alkyl halides is 2. The van der Waals surface area contributed by atoms with Gasteiger partial charge in [-0.3, -0.25) is 10.1 Å². The number of thiocarbonyl (C=S) groups is 1. The zero-order valence-corrected chi connectivity index (χ0v) is 12.4. The highest BCUT2D eigenvalue weighted by Gasteiger charge is 2.51. The number of halogens is 4. The fourth-order valence-electron chi connectivity index (χ4n) is 2.37. The zero-order chi connectivity index (χ0) is 16.9. The molecule has 1 saturated heterocycles. The van der Waals surface area contributed by atoms with Crippen LogP contribution in [-0.2, 0) is 5.54 Å². The SMILES string of the molecule is C[C@]1(F)C[C@H](F)[C@@](C)(c2cc([N+](=O)[O-])cc(F)c2F)NC1=S. The minimum atomic E-state index is -2.13. The van der Waals surface area contributed by atoms with Gasteiger partial charge < -0.3 is 5.32 Å². The quantitative estimate of drug-likeness (QED) is 0.389. The van der Waals surface area contributed by atoms with Crippen LogP contribution < -0.4 is 5.32 Å². The van der Waals surface area contributed by atoms with Gasteiger partial charge >= 0.3 is 0 Å². The lowest BCUT2D eigenvalue weighted by Gasteiger charge is -2.44. The van der Waals surface area contributed by atoms with Crippen molar-refractivity contribution in [1.29, 1.82) is 0 Å². The van der Waals surface area contributed by atoms with Crippen LogP contribution in [-0.4, -0.2) is 21.8 Å². The molecule has 1 heterocycles. The highest BCUT2D eigenvalue weighted by Crippen LogP contribution is 2.41. The van der Waals surface area contributed by atoms with Crippen LogP contribution in [0.25, 0.3) is 0 Å². The van der Waals surface area contributed by atoms with E-state index in [1.165, 1.54) is 0 Å². The van der Waals surface area contributed by atoms with E-state index >= 15 is 0 Å². The Morgan fingerprint density at radius 2 is 2.00 bits per heavy atom. The molecule has 120 valence electrons. The topological polar surface area (TPSA) is 55.2 Å². The molecule has 9 heteroatoms. The van der Waals surface area contributed by atoms with Crippen molar-refractivity contribution in [2.24, 2.45) is 0 Å². The van der Waals surface area contributed by atoms with Crippen molar-refractivity contribution < 1.29 is 22.5 Å². The van der Waals surface area contributed by atoms with Crippen molar-refractivity contribution in [2.45, 2.75) is 37.6 Å². The summed E-state index contributed by atoms with van der Waals surface area (Å²) < 4.78 is 56.0. The van der Waals surface area contributed by atoms with Crippen LogP contribution in [0.5, 0.6) is 0 Å². The van der Waals surface area contributed by atoms with Crippen molar-refractivity contribution in [1.82, 2.24) is 5.32 Å². The minimum Gasteiger partial charge on any atom is -0.365 e. The summed E-state index contributed by atoms with van der Waals surface area (Å²) in [6, 6.07) is 1.12. The van der Waals surface area contributed by atoms with Crippen LogP contribution in [0.1, 0.15) is 25.8 Å². The maximum Gasteiger partial charge on any atom is 0.272 e. The van der Waals surface area contributed by atoms with Gasteiger partial charge in [-0.15, -0.1) is 0 Å². The Balaban J connectivity index is 2.59. The minimum absolute atomic E-state index is 0.366. The van der Waals surface area contributed by atoms with E-state index in [2.05, 4.69) is 5.32 Å². The van der Waals surface area contributed by atoms with Gasteiger partial charge in [0.1, 0.15) is 11.2 Å². The molecule has 1 aromatic carbocycles. The summed E-state index contributed by atoms with van der Waals surface area (Å²) in [5.41, 5.74) is -5.38. The number of benzene rings is 1. The first-order chi connectivity index (χ1) is 9.99. The highest BCUT2D eigenvalue weighted by molar-refractivity contribution is 7.80. The molecule has 1 fully saturated rings. The van der Waals surface area contributed by atoms with Gasteiger partial charge in [-0.2, -0.15) is 0 Å². The van der Waals surface area contributed by atoms with E-state index in [0.717, 1.165) is 19.9 Å². The second kappa shape index (κ2) is 5.15. The Labute approximate surface area is 128 Å². The molecule has 3 atom stereocenters. The molecule has 0 radical (unpaired) electrons. The van der Waals surface area contributed by atoms with Crippen LogP contribution in [0.4, 0.5) is 23.2 Å². The molecule has 0 bridgehead atoms. The normalized spacial score (nSPS) is 31.7.